The Labute approximate surface area is 111 Å². The van der Waals surface area contributed by atoms with Crippen LogP contribution in [0.1, 0.15) is 66.2 Å². The van der Waals surface area contributed by atoms with E-state index < -0.39 is 0 Å². The van der Waals surface area contributed by atoms with Gasteiger partial charge in [-0.05, 0) is 25.7 Å². The number of rotatable bonds is 9. The number of unbranched alkanes of at least 4 members (excludes halogenated alkanes) is 1. The molecule has 0 aliphatic heterocycles. The van der Waals surface area contributed by atoms with Crippen molar-refractivity contribution in [2.24, 2.45) is 5.92 Å². The monoisotopic (exact) mass is 261 g/mol. The fourth-order valence-electron chi connectivity index (χ4n) is 1.98. The van der Waals surface area contributed by atoms with Gasteiger partial charge in [0.1, 0.15) is 0 Å². The molecule has 0 saturated heterocycles. The first-order valence-electron chi connectivity index (χ1n) is 6.97. The number of hydrogen-bond donors (Lipinski definition) is 1. The number of alkyl halides is 1. The molecule has 1 unspecified atom stereocenters. The quantitative estimate of drug-likeness (QED) is 0.622. The zero-order chi connectivity index (χ0) is 13.3. The molecule has 0 fully saturated rings. The van der Waals surface area contributed by atoms with Crippen LogP contribution in [0.25, 0.3) is 0 Å². The highest BCUT2D eigenvalue weighted by molar-refractivity contribution is 6.18. The van der Waals surface area contributed by atoms with Gasteiger partial charge >= 0.3 is 0 Å². The Morgan fingerprint density at radius 3 is 2.18 bits per heavy atom. The van der Waals surface area contributed by atoms with Gasteiger partial charge in [0.25, 0.3) is 0 Å². The van der Waals surface area contributed by atoms with Crippen LogP contribution in [-0.4, -0.2) is 17.3 Å². The second-order valence-corrected chi connectivity index (χ2v) is 5.12. The van der Waals surface area contributed by atoms with E-state index in [9.17, 15) is 4.79 Å². The second-order valence-electron chi connectivity index (χ2n) is 4.86. The van der Waals surface area contributed by atoms with Gasteiger partial charge in [-0.3, -0.25) is 4.79 Å². The van der Waals surface area contributed by atoms with Crippen molar-refractivity contribution < 1.29 is 4.79 Å². The molecule has 0 heterocycles. The van der Waals surface area contributed by atoms with Crippen molar-refractivity contribution in [1.82, 2.24) is 5.32 Å². The Bertz CT molecular complexity index is 206. The number of carbonyl (C=O) groups is 1. The molecule has 0 aliphatic carbocycles. The van der Waals surface area contributed by atoms with Crippen molar-refractivity contribution in [3.8, 4) is 0 Å². The Morgan fingerprint density at radius 1 is 1.24 bits per heavy atom. The average molecular weight is 262 g/mol. The lowest BCUT2D eigenvalue weighted by atomic mass is 9.92. The highest BCUT2D eigenvalue weighted by atomic mass is 35.5. The molecule has 2 nitrogen and oxygen atoms in total. The Balaban J connectivity index is 4.46. The molecule has 0 radical (unpaired) electrons. The number of carbonyl (C=O) groups excluding carboxylic acids is 1. The lowest BCUT2D eigenvalue weighted by Gasteiger charge is -2.32. The van der Waals surface area contributed by atoms with Crippen LogP contribution in [0.4, 0.5) is 0 Å². The number of hydrogen-bond acceptors (Lipinski definition) is 1. The molecule has 0 aromatic rings. The molecule has 102 valence electrons. The van der Waals surface area contributed by atoms with Crippen molar-refractivity contribution in [2.75, 3.05) is 5.88 Å². The van der Waals surface area contributed by atoms with Crippen LogP contribution in [0.5, 0.6) is 0 Å². The predicted octanol–water partition coefficient (Wildman–Crippen LogP) is 4.12. The van der Waals surface area contributed by atoms with E-state index in [-0.39, 0.29) is 17.4 Å². The van der Waals surface area contributed by atoms with Gasteiger partial charge < -0.3 is 5.32 Å². The van der Waals surface area contributed by atoms with E-state index in [1.54, 1.807) is 0 Å². The van der Waals surface area contributed by atoms with Crippen LogP contribution in [0.15, 0.2) is 0 Å². The molecular weight excluding hydrogens is 234 g/mol. The Morgan fingerprint density at radius 2 is 1.82 bits per heavy atom. The van der Waals surface area contributed by atoms with Crippen LogP contribution in [0.2, 0.25) is 0 Å². The fraction of sp³-hybridized carbons (Fsp3) is 0.929. The summed E-state index contributed by atoms with van der Waals surface area (Å²) in [5, 5.41) is 3.17. The van der Waals surface area contributed by atoms with E-state index in [2.05, 4.69) is 33.0 Å². The normalized spacial score (nSPS) is 13.5. The van der Waals surface area contributed by atoms with Crippen LogP contribution >= 0.6 is 11.6 Å². The van der Waals surface area contributed by atoms with Gasteiger partial charge in [-0.15, -0.1) is 11.6 Å². The zero-order valence-electron chi connectivity index (χ0n) is 11.8. The maximum absolute atomic E-state index is 12.2. The molecule has 3 heteroatoms. The first-order valence-corrected chi connectivity index (χ1v) is 7.50. The Hall–Kier alpha value is -0.240. The lowest BCUT2D eigenvalue weighted by molar-refractivity contribution is -0.127. The van der Waals surface area contributed by atoms with Crippen LogP contribution in [-0.2, 0) is 4.79 Å². The molecule has 0 rings (SSSR count). The van der Waals surface area contributed by atoms with Crippen molar-refractivity contribution in [3.63, 3.8) is 0 Å². The third-order valence-corrected chi connectivity index (χ3v) is 4.28. The maximum Gasteiger partial charge on any atom is 0.223 e. The van der Waals surface area contributed by atoms with E-state index in [0.717, 1.165) is 38.5 Å². The molecule has 17 heavy (non-hydrogen) atoms. The molecule has 1 atom stereocenters. The van der Waals surface area contributed by atoms with Gasteiger partial charge in [-0.1, -0.05) is 40.5 Å². The summed E-state index contributed by atoms with van der Waals surface area (Å²) in [6.07, 6.45) is 5.96. The van der Waals surface area contributed by atoms with Gasteiger partial charge in [0.2, 0.25) is 5.91 Å². The minimum absolute atomic E-state index is 0.149. The van der Waals surface area contributed by atoms with Gasteiger partial charge in [-0.2, -0.15) is 0 Å². The minimum atomic E-state index is -0.210. The molecule has 0 saturated carbocycles. The SMILES string of the molecule is CCCCC(CC)C(=O)NC(CC)(CC)CCl. The van der Waals surface area contributed by atoms with E-state index in [4.69, 9.17) is 11.6 Å². The van der Waals surface area contributed by atoms with Crippen LogP contribution < -0.4 is 5.32 Å². The second kappa shape index (κ2) is 8.79. The summed E-state index contributed by atoms with van der Waals surface area (Å²) < 4.78 is 0. The van der Waals surface area contributed by atoms with E-state index in [1.807, 2.05) is 0 Å². The van der Waals surface area contributed by atoms with Crippen molar-refractivity contribution in [2.45, 2.75) is 71.8 Å². The summed E-state index contributed by atoms with van der Waals surface area (Å²) in [7, 11) is 0. The summed E-state index contributed by atoms with van der Waals surface area (Å²) in [6, 6.07) is 0. The van der Waals surface area contributed by atoms with Gasteiger partial charge in [0.15, 0.2) is 0 Å². The number of nitrogens with one attached hydrogen (secondary N) is 1. The van der Waals surface area contributed by atoms with Gasteiger partial charge in [-0.25, -0.2) is 0 Å². The molecule has 0 aromatic carbocycles. The van der Waals surface area contributed by atoms with E-state index in [0.29, 0.717) is 5.88 Å². The maximum atomic E-state index is 12.2. The Kier molecular flexibility index (Phi) is 8.67. The van der Waals surface area contributed by atoms with Crippen molar-refractivity contribution in [3.05, 3.63) is 0 Å². The minimum Gasteiger partial charge on any atom is -0.349 e. The fourth-order valence-corrected chi connectivity index (χ4v) is 2.43. The molecule has 0 bridgehead atoms. The average Bonchev–Trinajstić information content (AvgIpc) is 2.37. The molecule has 1 amide bonds. The highest BCUT2D eigenvalue weighted by Crippen LogP contribution is 2.20. The summed E-state index contributed by atoms with van der Waals surface area (Å²) >= 11 is 6.01. The van der Waals surface area contributed by atoms with Crippen LogP contribution in [0, 0.1) is 5.92 Å². The van der Waals surface area contributed by atoms with Crippen LogP contribution in [0.3, 0.4) is 0 Å². The standard InChI is InChI=1S/C14H28ClNO/c1-5-9-10-12(6-2)13(17)16-14(7-3,8-4)11-15/h12H,5-11H2,1-4H3,(H,16,17). The summed E-state index contributed by atoms with van der Waals surface area (Å²) in [6.45, 7) is 8.41. The largest absolute Gasteiger partial charge is 0.349 e. The smallest absolute Gasteiger partial charge is 0.223 e. The molecular formula is C14H28ClNO. The summed E-state index contributed by atoms with van der Waals surface area (Å²) in [4.78, 5) is 12.2. The molecule has 0 spiro atoms. The third kappa shape index (κ3) is 5.29. The van der Waals surface area contributed by atoms with E-state index in [1.165, 1.54) is 0 Å². The lowest BCUT2D eigenvalue weighted by Crippen LogP contribution is -2.51. The van der Waals surface area contributed by atoms with Crippen molar-refractivity contribution in [1.29, 1.82) is 0 Å². The number of halogens is 1. The van der Waals surface area contributed by atoms with E-state index >= 15 is 0 Å². The molecule has 0 aliphatic rings. The highest BCUT2D eigenvalue weighted by Gasteiger charge is 2.29. The van der Waals surface area contributed by atoms with Gasteiger partial charge in [0.05, 0.1) is 5.54 Å². The number of amides is 1. The summed E-state index contributed by atoms with van der Waals surface area (Å²) in [5.74, 6) is 0.830. The third-order valence-electron chi connectivity index (χ3n) is 3.77. The summed E-state index contributed by atoms with van der Waals surface area (Å²) in [5.41, 5.74) is -0.210. The zero-order valence-corrected chi connectivity index (χ0v) is 12.6. The molecule has 0 aromatic heterocycles. The van der Waals surface area contributed by atoms with Crippen molar-refractivity contribution >= 4 is 17.5 Å². The topological polar surface area (TPSA) is 29.1 Å². The predicted molar refractivity (Wildman–Crippen MR) is 75.5 cm³/mol. The first-order chi connectivity index (χ1) is 8.09. The van der Waals surface area contributed by atoms with Gasteiger partial charge in [0, 0.05) is 11.8 Å². The molecule has 1 N–H and O–H groups in total. The first kappa shape index (κ1) is 16.8.